The second-order valence-corrected chi connectivity index (χ2v) is 4.54. The highest BCUT2D eigenvalue weighted by molar-refractivity contribution is 5.97. The molecule has 1 N–H and O–H groups in total. The summed E-state index contributed by atoms with van der Waals surface area (Å²) < 4.78 is 5.40. The van der Waals surface area contributed by atoms with Gasteiger partial charge in [-0.3, -0.25) is 4.79 Å². The molecular weight excluding hydrogens is 228 g/mol. The Balaban J connectivity index is 2.04. The minimum absolute atomic E-state index is 0.00348. The lowest BCUT2D eigenvalue weighted by Crippen LogP contribution is -2.35. The van der Waals surface area contributed by atoms with E-state index in [0.717, 1.165) is 37.4 Å². The Morgan fingerprint density at radius 2 is 2.22 bits per heavy atom. The van der Waals surface area contributed by atoms with Crippen molar-refractivity contribution >= 4 is 11.6 Å². The maximum absolute atomic E-state index is 11.6. The van der Waals surface area contributed by atoms with Crippen molar-refractivity contribution in [2.75, 3.05) is 31.6 Å². The van der Waals surface area contributed by atoms with Crippen LogP contribution in [0.5, 0.6) is 5.75 Å². The van der Waals surface area contributed by atoms with Crippen LogP contribution in [0.25, 0.3) is 0 Å². The van der Waals surface area contributed by atoms with Crippen molar-refractivity contribution in [3.8, 4) is 5.75 Å². The summed E-state index contributed by atoms with van der Waals surface area (Å²) in [4.78, 5) is 13.2. The Hall–Kier alpha value is -1.55. The summed E-state index contributed by atoms with van der Waals surface area (Å²) in [5.41, 5.74) is 2.10. The van der Waals surface area contributed by atoms with Crippen molar-refractivity contribution in [1.82, 2.24) is 5.32 Å². The number of rotatable bonds is 5. The molecule has 2 rings (SSSR count). The fourth-order valence-electron chi connectivity index (χ4n) is 2.01. The van der Waals surface area contributed by atoms with Crippen molar-refractivity contribution in [2.45, 2.75) is 19.8 Å². The van der Waals surface area contributed by atoms with Gasteiger partial charge in [0, 0.05) is 7.05 Å². The number of benzene rings is 1. The molecule has 4 nitrogen and oxygen atoms in total. The van der Waals surface area contributed by atoms with Gasteiger partial charge in [-0.1, -0.05) is 13.0 Å². The van der Waals surface area contributed by atoms with Crippen molar-refractivity contribution in [3.63, 3.8) is 0 Å². The highest BCUT2D eigenvalue weighted by Crippen LogP contribution is 2.31. The van der Waals surface area contributed by atoms with Gasteiger partial charge < -0.3 is 15.0 Å². The lowest BCUT2D eigenvalue weighted by atomic mass is 10.1. The molecular formula is C14H20N2O2. The number of nitrogens with one attached hydrogen (secondary N) is 1. The normalized spacial score (nSPS) is 14.3. The summed E-state index contributed by atoms with van der Waals surface area (Å²) in [6.07, 6.45) is 2.12. The molecule has 1 aliphatic rings. The first-order chi connectivity index (χ1) is 8.72. The average molecular weight is 248 g/mol. The summed E-state index contributed by atoms with van der Waals surface area (Å²) in [7, 11) is 1.79. The molecule has 0 unspecified atom stereocenters. The number of amides is 1. The van der Waals surface area contributed by atoms with Crippen LogP contribution >= 0.6 is 0 Å². The van der Waals surface area contributed by atoms with Crippen LogP contribution < -0.4 is 15.0 Å². The molecule has 4 heteroatoms. The van der Waals surface area contributed by atoms with Crippen molar-refractivity contribution in [2.24, 2.45) is 0 Å². The molecule has 0 fully saturated rings. The van der Waals surface area contributed by atoms with Gasteiger partial charge in [-0.05, 0) is 43.6 Å². The molecule has 98 valence electrons. The van der Waals surface area contributed by atoms with Gasteiger partial charge in [0.25, 0.3) is 5.91 Å². The van der Waals surface area contributed by atoms with Crippen LogP contribution in [0.2, 0.25) is 0 Å². The van der Waals surface area contributed by atoms with E-state index < -0.39 is 0 Å². The largest absolute Gasteiger partial charge is 0.482 e. The van der Waals surface area contributed by atoms with Crippen LogP contribution in [0.1, 0.15) is 18.9 Å². The van der Waals surface area contributed by atoms with E-state index in [2.05, 4.69) is 18.3 Å². The Bertz CT molecular complexity index is 432. The predicted octanol–water partition coefficient (Wildman–Crippen LogP) is 1.58. The first-order valence-corrected chi connectivity index (χ1v) is 6.45. The molecule has 1 amide bonds. The number of likely N-dealkylation sites (N-methyl/N-ethyl adjacent to an activating group) is 1. The molecule has 1 aliphatic heterocycles. The third-order valence-electron chi connectivity index (χ3n) is 3.13. The van der Waals surface area contributed by atoms with Gasteiger partial charge in [0.15, 0.2) is 6.61 Å². The molecule has 0 aliphatic carbocycles. The zero-order valence-corrected chi connectivity index (χ0v) is 11.0. The summed E-state index contributed by atoms with van der Waals surface area (Å²) in [6.45, 7) is 4.31. The van der Waals surface area contributed by atoms with Gasteiger partial charge in [-0.25, -0.2) is 0 Å². The monoisotopic (exact) mass is 248 g/mol. The second-order valence-electron chi connectivity index (χ2n) is 4.54. The lowest BCUT2D eigenvalue weighted by Gasteiger charge is -2.26. The Kier molecular flexibility index (Phi) is 4.20. The molecule has 18 heavy (non-hydrogen) atoms. The number of fused-ring (bicyclic) bond motifs is 1. The van der Waals surface area contributed by atoms with E-state index >= 15 is 0 Å². The zero-order chi connectivity index (χ0) is 13.0. The molecule has 0 atom stereocenters. The third kappa shape index (κ3) is 2.82. The molecule has 1 aromatic carbocycles. The number of ether oxygens (including phenoxy) is 1. The van der Waals surface area contributed by atoms with Crippen molar-refractivity contribution in [3.05, 3.63) is 23.8 Å². The number of carbonyl (C=O) groups is 1. The maximum Gasteiger partial charge on any atom is 0.264 e. The Morgan fingerprint density at radius 1 is 1.39 bits per heavy atom. The van der Waals surface area contributed by atoms with E-state index in [1.54, 1.807) is 11.9 Å². The van der Waals surface area contributed by atoms with Crippen LogP contribution in [0, 0.1) is 0 Å². The van der Waals surface area contributed by atoms with Gasteiger partial charge in [-0.2, -0.15) is 0 Å². The Labute approximate surface area is 108 Å². The second kappa shape index (κ2) is 5.87. The van der Waals surface area contributed by atoms with Crippen molar-refractivity contribution < 1.29 is 9.53 Å². The lowest BCUT2D eigenvalue weighted by molar-refractivity contribution is -0.120. The minimum atomic E-state index is 0.00348. The number of hydrogen-bond acceptors (Lipinski definition) is 3. The zero-order valence-electron chi connectivity index (χ0n) is 11.0. The topological polar surface area (TPSA) is 41.6 Å². The molecule has 1 aromatic rings. The fraction of sp³-hybridized carbons (Fsp3) is 0.500. The van der Waals surface area contributed by atoms with Crippen molar-refractivity contribution in [1.29, 1.82) is 0 Å². The van der Waals surface area contributed by atoms with E-state index in [4.69, 9.17) is 4.74 Å². The van der Waals surface area contributed by atoms with E-state index in [0.29, 0.717) is 0 Å². The predicted molar refractivity (Wildman–Crippen MR) is 72.2 cm³/mol. The van der Waals surface area contributed by atoms with Crippen LogP contribution in [-0.2, 0) is 11.2 Å². The standard InChI is InChI=1S/C14H20N2O2/c1-3-7-15-8-6-11-4-5-13-12(9-11)16(2)14(17)10-18-13/h4-5,9,15H,3,6-8,10H2,1-2H3. The van der Waals surface area contributed by atoms with Crippen LogP contribution in [-0.4, -0.2) is 32.7 Å². The smallest absolute Gasteiger partial charge is 0.264 e. The number of hydrogen-bond donors (Lipinski definition) is 1. The molecule has 0 bridgehead atoms. The molecule has 0 aromatic heterocycles. The molecule has 0 radical (unpaired) electrons. The Morgan fingerprint density at radius 3 is 3.00 bits per heavy atom. The summed E-state index contributed by atoms with van der Waals surface area (Å²) in [5, 5.41) is 3.37. The first kappa shape index (κ1) is 12.9. The van der Waals surface area contributed by atoms with E-state index in [-0.39, 0.29) is 12.5 Å². The van der Waals surface area contributed by atoms with Crippen LogP contribution in [0.15, 0.2) is 18.2 Å². The number of carbonyl (C=O) groups excluding carboxylic acids is 1. The summed E-state index contributed by atoms with van der Waals surface area (Å²) in [6, 6.07) is 6.06. The molecule has 0 spiro atoms. The number of anilines is 1. The summed E-state index contributed by atoms with van der Waals surface area (Å²) >= 11 is 0. The quantitative estimate of drug-likeness (QED) is 0.804. The van der Waals surface area contributed by atoms with E-state index in [1.165, 1.54) is 5.56 Å². The minimum Gasteiger partial charge on any atom is -0.482 e. The van der Waals surface area contributed by atoms with Gasteiger partial charge in [-0.15, -0.1) is 0 Å². The van der Waals surface area contributed by atoms with Gasteiger partial charge >= 0.3 is 0 Å². The van der Waals surface area contributed by atoms with E-state index in [1.807, 2.05) is 12.1 Å². The number of nitrogens with zero attached hydrogens (tertiary/aromatic N) is 1. The van der Waals surface area contributed by atoms with Crippen LogP contribution in [0.4, 0.5) is 5.69 Å². The first-order valence-electron chi connectivity index (χ1n) is 6.45. The van der Waals surface area contributed by atoms with Crippen LogP contribution in [0.3, 0.4) is 0 Å². The third-order valence-corrected chi connectivity index (χ3v) is 3.13. The SMILES string of the molecule is CCCNCCc1ccc2c(c1)N(C)C(=O)CO2. The van der Waals surface area contributed by atoms with E-state index in [9.17, 15) is 4.79 Å². The van der Waals surface area contributed by atoms with Gasteiger partial charge in [0.1, 0.15) is 5.75 Å². The summed E-state index contributed by atoms with van der Waals surface area (Å²) in [5.74, 6) is 0.797. The average Bonchev–Trinajstić information content (AvgIpc) is 2.39. The fourth-order valence-corrected chi connectivity index (χ4v) is 2.01. The highest BCUT2D eigenvalue weighted by Gasteiger charge is 2.21. The van der Waals surface area contributed by atoms with Gasteiger partial charge in [0.2, 0.25) is 0 Å². The molecule has 0 saturated heterocycles. The van der Waals surface area contributed by atoms with Gasteiger partial charge in [0.05, 0.1) is 5.69 Å². The maximum atomic E-state index is 11.6. The highest BCUT2D eigenvalue weighted by atomic mass is 16.5. The molecule has 0 saturated carbocycles. The molecule has 1 heterocycles.